The number of halogens is 1. The summed E-state index contributed by atoms with van der Waals surface area (Å²) in [6.07, 6.45) is 0.656. The van der Waals surface area contributed by atoms with E-state index in [1.165, 1.54) is 28.1 Å². The second-order valence-electron chi connectivity index (χ2n) is 7.27. The normalized spacial score (nSPS) is 14.2. The minimum Gasteiger partial charge on any atom is -0.322 e. The first-order valence-corrected chi connectivity index (χ1v) is 11.4. The van der Waals surface area contributed by atoms with Crippen molar-refractivity contribution in [1.82, 2.24) is 4.31 Å². The Balaban J connectivity index is 1.62. The minimum absolute atomic E-state index is 0.0567. The lowest BCUT2D eigenvalue weighted by molar-refractivity contribution is 0.102. The van der Waals surface area contributed by atoms with Crippen LogP contribution in [0.5, 0.6) is 0 Å². The van der Waals surface area contributed by atoms with Crippen LogP contribution in [0.15, 0.2) is 71.6 Å². The van der Waals surface area contributed by atoms with Crippen molar-refractivity contribution in [2.24, 2.45) is 0 Å². The van der Waals surface area contributed by atoms with Gasteiger partial charge >= 0.3 is 0 Å². The van der Waals surface area contributed by atoms with E-state index in [9.17, 15) is 13.2 Å². The fourth-order valence-electron chi connectivity index (χ4n) is 3.57. The van der Waals surface area contributed by atoms with Gasteiger partial charge in [-0.3, -0.25) is 4.79 Å². The quantitative estimate of drug-likeness (QED) is 0.642. The van der Waals surface area contributed by atoms with Crippen molar-refractivity contribution in [3.63, 3.8) is 0 Å². The van der Waals surface area contributed by atoms with E-state index in [0.29, 0.717) is 25.2 Å². The molecular weight excluding hydrogens is 420 g/mol. The van der Waals surface area contributed by atoms with Gasteiger partial charge in [0.05, 0.1) is 15.5 Å². The average molecular weight is 441 g/mol. The van der Waals surface area contributed by atoms with E-state index in [-0.39, 0.29) is 15.5 Å². The Morgan fingerprint density at radius 1 is 1.00 bits per heavy atom. The van der Waals surface area contributed by atoms with E-state index < -0.39 is 15.9 Å². The third-order valence-corrected chi connectivity index (χ3v) is 7.48. The van der Waals surface area contributed by atoms with Gasteiger partial charge in [-0.15, -0.1) is 0 Å². The molecule has 0 unspecified atom stereocenters. The van der Waals surface area contributed by atoms with Crippen LogP contribution in [-0.2, 0) is 23.0 Å². The zero-order valence-electron chi connectivity index (χ0n) is 16.4. The highest BCUT2D eigenvalue weighted by Gasteiger charge is 2.29. The van der Waals surface area contributed by atoms with Crippen molar-refractivity contribution in [3.8, 4) is 0 Å². The maximum Gasteiger partial charge on any atom is 0.257 e. The third-order valence-electron chi connectivity index (χ3n) is 5.31. The number of rotatable bonds is 4. The molecule has 0 fully saturated rings. The molecule has 0 aromatic heterocycles. The van der Waals surface area contributed by atoms with E-state index >= 15 is 0 Å². The lowest BCUT2D eigenvalue weighted by atomic mass is 10.0. The summed E-state index contributed by atoms with van der Waals surface area (Å²) in [6.45, 7) is 2.59. The summed E-state index contributed by atoms with van der Waals surface area (Å²) in [7, 11) is -3.76. The zero-order valence-corrected chi connectivity index (χ0v) is 18.0. The number of amides is 1. The van der Waals surface area contributed by atoms with Gasteiger partial charge < -0.3 is 5.32 Å². The number of hydrogen-bond acceptors (Lipinski definition) is 3. The maximum atomic E-state index is 13.2. The first kappa shape index (κ1) is 20.6. The van der Waals surface area contributed by atoms with E-state index in [1.807, 2.05) is 49.4 Å². The van der Waals surface area contributed by atoms with Gasteiger partial charge in [0.2, 0.25) is 10.0 Å². The summed E-state index contributed by atoms with van der Waals surface area (Å²) >= 11 is 6.23. The summed E-state index contributed by atoms with van der Waals surface area (Å²) in [4.78, 5) is 12.9. The molecule has 0 saturated heterocycles. The SMILES string of the molecule is Cc1ccccc1NC(=O)c1cc(S(=O)(=O)N2CCc3ccccc3C2)ccc1Cl. The summed E-state index contributed by atoms with van der Waals surface area (Å²) in [5.74, 6) is -0.449. The highest BCUT2D eigenvalue weighted by molar-refractivity contribution is 7.89. The van der Waals surface area contributed by atoms with Gasteiger partial charge in [-0.1, -0.05) is 54.1 Å². The van der Waals surface area contributed by atoms with Crippen LogP contribution >= 0.6 is 11.6 Å². The number of fused-ring (bicyclic) bond motifs is 1. The molecule has 30 heavy (non-hydrogen) atoms. The van der Waals surface area contributed by atoms with Crippen LogP contribution in [0.2, 0.25) is 5.02 Å². The molecule has 0 spiro atoms. The largest absolute Gasteiger partial charge is 0.322 e. The third kappa shape index (κ3) is 3.99. The van der Waals surface area contributed by atoms with Crippen molar-refractivity contribution in [2.45, 2.75) is 24.8 Å². The van der Waals surface area contributed by atoms with Crippen molar-refractivity contribution >= 4 is 33.2 Å². The van der Waals surface area contributed by atoms with Crippen molar-refractivity contribution in [1.29, 1.82) is 0 Å². The summed E-state index contributed by atoms with van der Waals surface area (Å²) in [5.41, 5.74) is 3.84. The molecule has 5 nitrogen and oxygen atoms in total. The van der Waals surface area contributed by atoms with Gasteiger partial charge in [0.1, 0.15) is 0 Å². The number of nitrogens with one attached hydrogen (secondary N) is 1. The van der Waals surface area contributed by atoms with Crippen LogP contribution in [0.1, 0.15) is 27.0 Å². The molecule has 0 atom stereocenters. The lowest BCUT2D eigenvalue weighted by Gasteiger charge is -2.28. The zero-order chi connectivity index (χ0) is 21.3. The van der Waals surface area contributed by atoms with Gasteiger partial charge in [-0.05, 0) is 54.3 Å². The van der Waals surface area contributed by atoms with E-state index in [0.717, 1.165) is 11.1 Å². The fraction of sp³-hybridized carbons (Fsp3) is 0.174. The molecule has 0 aliphatic carbocycles. The molecule has 1 aliphatic heterocycles. The molecule has 3 aromatic rings. The standard InChI is InChI=1S/C23H21ClN2O3S/c1-16-6-2-5-9-22(16)25-23(27)20-14-19(10-11-21(20)24)30(28,29)26-13-12-17-7-3-4-8-18(17)15-26/h2-11,14H,12-13,15H2,1H3,(H,25,27). The Kier molecular flexibility index (Phi) is 5.64. The van der Waals surface area contributed by atoms with E-state index in [4.69, 9.17) is 11.6 Å². The Bertz CT molecular complexity index is 1220. The number of anilines is 1. The Morgan fingerprint density at radius 2 is 1.70 bits per heavy atom. The summed E-state index contributed by atoms with van der Waals surface area (Å²) < 4.78 is 27.9. The Hall–Kier alpha value is -2.67. The molecule has 0 bridgehead atoms. The Morgan fingerprint density at radius 3 is 2.47 bits per heavy atom. The number of nitrogens with zero attached hydrogens (tertiary/aromatic N) is 1. The minimum atomic E-state index is -3.76. The van der Waals surface area contributed by atoms with Crippen LogP contribution in [0.3, 0.4) is 0 Å². The fourth-order valence-corrected chi connectivity index (χ4v) is 5.21. The molecule has 0 saturated carbocycles. The molecule has 1 heterocycles. The number of carbonyl (C=O) groups excluding carboxylic acids is 1. The number of benzene rings is 3. The van der Waals surface area contributed by atoms with Crippen molar-refractivity contribution in [2.75, 3.05) is 11.9 Å². The van der Waals surface area contributed by atoms with Crippen LogP contribution in [0.4, 0.5) is 5.69 Å². The highest BCUT2D eigenvalue weighted by Crippen LogP contribution is 2.28. The second-order valence-corrected chi connectivity index (χ2v) is 9.61. The smallest absolute Gasteiger partial charge is 0.257 e. The van der Waals surface area contributed by atoms with Gasteiger partial charge in [-0.25, -0.2) is 8.42 Å². The number of para-hydroxylation sites is 1. The lowest BCUT2D eigenvalue weighted by Crippen LogP contribution is -2.36. The van der Waals surface area contributed by atoms with Crippen LogP contribution in [-0.4, -0.2) is 25.2 Å². The first-order chi connectivity index (χ1) is 14.4. The monoisotopic (exact) mass is 440 g/mol. The predicted molar refractivity (Wildman–Crippen MR) is 118 cm³/mol. The second kappa shape index (κ2) is 8.22. The Labute approximate surface area is 181 Å². The first-order valence-electron chi connectivity index (χ1n) is 9.60. The van der Waals surface area contributed by atoms with Gasteiger partial charge in [0, 0.05) is 18.8 Å². The van der Waals surface area contributed by atoms with Gasteiger partial charge in [-0.2, -0.15) is 4.31 Å². The predicted octanol–water partition coefficient (Wildman–Crippen LogP) is 4.65. The van der Waals surface area contributed by atoms with E-state index in [1.54, 1.807) is 6.07 Å². The number of hydrogen-bond donors (Lipinski definition) is 1. The molecule has 3 aromatic carbocycles. The molecule has 0 radical (unpaired) electrons. The number of sulfonamides is 1. The molecule has 4 rings (SSSR count). The summed E-state index contributed by atoms with van der Waals surface area (Å²) in [5, 5.41) is 3.00. The summed E-state index contributed by atoms with van der Waals surface area (Å²) in [6, 6.07) is 19.5. The van der Waals surface area contributed by atoms with Gasteiger partial charge in [0.15, 0.2) is 0 Å². The van der Waals surface area contributed by atoms with Crippen LogP contribution in [0, 0.1) is 6.92 Å². The van der Waals surface area contributed by atoms with Crippen LogP contribution < -0.4 is 5.32 Å². The molecular formula is C23H21ClN2O3S. The highest BCUT2D eigenvalue weighted by atomic mass is 35.5. The topological polar surface area (TPSA) is 66.5 Å². The number of carbonyl (C=O) groups is 1. The number of aryl methyl sites for hydroxylation is 1. The molecule has 1 aliphatic rings. The van der Waals surface area contributed by atoms with Crippen molar-refractivity contribution in [3.05, 3.63) is 94.0 Å². The molecule has 1 N–H and O–H groups in total. The van der Waals surface area contributed by atoms with Gasteiger partial charge in [0.25, 0.3) is 5.91 Å². The van der Waals surface area contributed by atoms with Crippen LogP contribution in [0.25, 0.3) is 0 Å². The van der Waals surface area contributed by atoms with Crippen molar-refractivity contribution < 1.29 is 13.2 Å². The molecule has 1 amide bonds. The average Bonchev–Trinajstić information content (AvgIpc) is 2.75. The maximum absolute atomic E-state index is 13.2. The molecule has 154 valence electrons. The van der Waals surface area contributed by atoms with E-state index in [2.05, 4.69) is 5.32 Å². The molecule has 7 heteroatoms.